The second-order valence-corrected chi connectivity index (χ2v) is 7.71. The molecule has 1 N–H and O–H groups in total. The van der Waals surface area contributed by atoms with Crippen LogP contribution in [-0.4, -0.2) is 49.1 Å². The van der Waals surface area contributed by atoms with Crippen molar-refractivity contribution in [3.63, 3.8) is 0 Å². The Bertz CT molecular complexity index is 640. The molecule has 5 nitrogen and oxygen atoms in total. The van der Waals surface area contributed by atoms with Gasteiger partial charge in [-0.25, -0.2) is 8.78 Å². The molecule has 3 fully saturated rings. The molecule has 3 aliphatic rings. The number of furan rings is 1. The lowest BCUT2D eigenvalue weighted by atomic mass is 9.80. The summed E-state index contributed by atoms with van der Waals surface area (Å²) in [7, 11) is 0. The minimum atomic E-state index is -2.65. The quantitative estimate of drug-likeness (QED) is 0.881. The summed E-state index contributed by atoms with van der Waals surface area (Å²) in [5, 5.41) is 2.86. The van der Waals surface area contributed by atoms with Crippen molar-refractivity contribution < 1.29 is 22.7 Å². The van der Waals surface area contributed by atoms with Crippen LogP contribution in [0.15, 0.2) is 16.5 Å². The van der Waals surface area contributed by atoms with Crippen LogP contribution in [0, 0.1) is 24.7 Å². The maximum atomic E-state index is 12.9. The number of rotatable bonds is 5. The third kappa shape index (κ3) is 3.58. The molecule has 1 aromatic rings. The molecule has 0 spiro atoms. The number of nitrogens with one attached hydrogen (secondary N) is 1. The normalized spacial score (nSPS) is 31.7. The molecule has 2 saturated heterocycles. The summed E-state index contributed by atoms with van der Waals surface area (Å²) >= 11 is 0. The fourth-order valence-electron chi connectivity index (χ4n) is 4.23. The van der Waals surface area contributed by atoms with Gasteiger partial charge in [0.1, 0.15) is 11.5 Å². The number of hydrogen-bond donors (Lipinski definition) is 1. The minimum absolute atomic E-state index is 0.186. The fourth-order valence-corrected chi connectivity index (χ4v) is 4.23. The Morgan fingerprint density at radius 3 is 2.84 bits per heavy atom. The van der Waals surface area contributed by atoms with E-state index in [9.17, 15) is 13.6 Å². The number of nitrogens with zero attached hydrogens (tertiary/aromatic N) is 1. The van der Waals surface area contributed by atoms with Gasteiger partial charge in [0.05, 0.1) is 19.3 Å². The average molecular weight is 354 g/mol. The molecular formula is C18H24F2N2O3. The number of fused-ring (bicyclic) bond motifs is 1. The molecule has 0 aromatic carbocycles. The number of halogens is 2. The van der Waals surface area contributed by atoms with E-state index < -0.39 is 11.8 Å². The van der Waals surface area contributed by atoms with E-state index in [0.29, 0.717) is 19.1 Å². The molecule has 1 aliphatic carbocycles. The van der Waals surface area contributed by atoms with Gasteiger partial charge in [-0.2, -0.15) is 0 Å². The number of carbonyl (C=O) groups excluding carboxylic acids is 1. The van der Waals surface area contributed by atoms with Crippen LogP contribution in [0.25, 0.3) is 0 Å². The molecule has 0 radical (unpaired) electrons. The highest BCUT2D eigenvalue weighted by atomic mass is 19.3. The maximum absolute atomic E-state index is 12.9. The second kappa shape index (κ2) is 6.36. The van der Waals surface area contributed by atoms with Gasteiger partial charge in [0.25, 0.3) is 0 Å². The number of carbonyl (C=O) groups is 1. The van der Waals surface area contributed by atoms with Crippen molar-refractivity contribution in [2.24, 2.45) is 17.8 Å². The molecule has 1 aromatic heterocycles. The number of ether oxygens (including phenoxy) is 1. The Hall–Kier alpha value is -1.47. The molecule has 4 rings (SSSR count). The van der Waals surface area contributed by atoms with E-state index in [2.05, 4.69) is 10.2 Å². The number of alkyl halides is 2. The Morgan fingerprint density at radius 1 is 1.36 bits per heavy atom. The molecule has 138 valence electrons. The second-order valence-electron chi connectivity index (χ2n) is 7.71. The summed E-state index contributed by atoms with van der Waals surface area (Å²) in [6, 6.07) is 3.96. The molecule has 1 saturated carbocycles. The zero-order chi connectivity index (χ0) is 17.6. The standard InChI is InChI=1S/C18H24F2N2O3/c1-11-2-3-14(25-11)7-22-8-15-13(10-24-16(15)9-22)6-21-17(23)12-4-18(19,20)5-12/h2-3,12-13,15-16H,4-10H2,1H3,(H,21,23)/t13-,15-,16-/m0/s1. The Kier molecular flexibility index (Phi) is 4.32. The van der Waals surface area contributed by atoms with Gasteiger partial charge in [-0.05, 0) is 19.1 Å². The zero-order valence-electron chi connectivity index (χ0n) is 14.3. The zero-order valence-corrected chi connectivity index (χ0v) is 14.3. The number of likely N-dealkylation sites (tertiary alicyclic amines) is 1. The highest BCUT2D eigenvalue weighted by Gasteiger charge is 2.49. The van der Waals surface area contributed by atoms with Crippen molar-refractivity contribution in [2.45, 2.75) is 38.3 Å². The molecule has 3 atom stereocenters. The minimum Gasteiger partial charge on any atom is -0.465 e. The third-order valence-electron chi connectivity index (χ3n) is 5.69. The summed E-state index contributed by atoms with van der Waals surface area (Å²) < 4.78 is 37.3. The van der Waals surface area contributed by atoms with E-state index in [1.807, 2.05) is 19.1 Å². The van der Waals surface area contributed by atoms with Gasteiger partial charge in [0.15, 0.2) is 0 Å². The van der Waals surface area contributed by atoms with Crippen LogP contribution >= 0.6 is 0 Å². The van der Waals surface area contributed by atoms with E-state index in [4.69, 9.17) is 9.15 Å². The summed E-state index contributed by atoms with van der Waals surface area (Å²) in [5.41, 5.74) is 0. The lowest BCUT2D eigenvalue weighted by Crippen LogP contribution is -2.46. The molecular weight excluding hydrogens is 330 g/mol. The molecule has 3 heterocycles. The van der Waals surface area contributed by atoms with Crippen LogP contribution in [0.4, 0.5) is 8.78 Å². The molecule has 0 unspecified atom stereocenters. The highest BCUT2D eigenvalue weighted by molar-refractivity contribution is 5.79. The topological polar surface area (TPSA) is 54.7 Å². The largest absolute Gasteiger partial charge is 0.465 e. The lowest BCUT2D eigenvalue weighted by molar-refractivity contribution is -0.150. The van der Waals surface area contributed by atoms with Crippen LogP contribution in [0.2, 0.25) is 0 Å². The van der Waals surface area contributed by atoms with Crippen LogP contribution in [0.1, 0.15) is 24.4 Å². The fraction of sp³-hybridized carbons (Fsp3) is 0.722. The van der Waals surface area contributed by atoms with Crippen molar-refractivity contribution >= 4 is 5.91 Å². The first kappa shape index (κ1) is 17.0. The van der Waals surface area contributed by atoms with E-state index >= 15 is 0 Å². The van der Waals surface area contributed by atoms with E-state index in [0.717, 1.165) is 31.2 Å². The number of hydrogen-bond acceptors (Lipinski definition) is 4. The summed E-state index contributed by atoms with van der Waals surface area (Å²) in [5.74, 6) is -0.941. The molecule has 0 bridgehead atoms. The molecule has 25 heavy (non-hydrogen) atoms. The average Bonchev–Trinajstić information content (AvgIpc) is 3.19. The van der Waals surface area contributed by atoms with Gasteiger partial charge in [0.2, 0.25) is 11.8 Å². The van der Waals surface area contributed by atoms with Crippen molar-refractivity contribution in [2.75, 3.05) is 26.2 Å². The van der Waals surface area contributed by atoms with Gasteiger partial charge in [-0.3, -0.25) is 9.69 Å². The lowest BCUT2D eigenvalue weighted by Gasteiger charge is -2.34. The maximum Gasteiger partial charge on any atom is 0.249 e. The summed E-state index contributed by atoms with van der Waals surface area (Å²) in [6.45, 7) is 5.61. The first-order valence-corrected chi connectivity index (χ1v) is 8.94. The molecule has 2 aliphatic heterocycles. The van der Waals surface area contributed by atoms with Gasteiger partial charge in [0, 0.05) is 50.2 Å². The predicted octanol–water partition coefficient (Wildman–Crippen LogP) is 2.20. The SMILES string of the molecule is Cc1ccc(CN2C[C@H]3[C@@H](CNC(=O)C4CC(F)(F)C4)CO[C@H]3C2)o1. The van der Waals surface area contributed by atoms with E-state index in [1.54, 1.807) is 0 Å². The number of aryl methyl sites for hydroxylation is 1. The predicted molar refractivity (Wildman–Crippen MR) is 86.1 cm³/mol. The van der Waals surface area contributed by atoms with E-state index in [1.165, 1.54) is 0 Å². The summed E-state index contributed by atoms with van der Waals surface area (Å²) in [4.78, 5) is 14.3. The monoisotopic (exact) mass is 354 g/mol. The first-order valence-electron chi connectivity index (χ1n) is 8.94. The van der Waals surface area contributed by atoms with Crippen molar-refractivity contribution in [1.29, 1.82) is 0 Å². The first-order chi connectivity index (χ1) is 11.9. The van der Waals surface area contributed by atoms with Gasteiger partial charge in [-0.15, -0.1) is 0 Å². The highest BCUT2D eigenvalue weighted by Crippen LogP contribution is 2.42. The van der Waals surface area contributed by atoms with Gasteiger partial charge < -0.3 is 14.5 Å². The van der Waals surface area contributed by atoms with Crippen molar-refractivity contribution in [3.05, 3.63) is 23.7 Å². The Labute approximate surface area is 145 Å². The van der Waals surface area contributed by atoms with E-state index in [-0.39, 0.29) is 30.8 Å². The van der Waals surface area contributed by atoms with Gasteiger partial charge in [-0.1, -0.05) is 0 Å². The van der Waals surface area contributed by atoms with Crippen LogP contribution in [0.5, 0.6) is 0 Å². The summed E-state index contributed by atoms with van der Waals surface area (Å²) in [6.07, 6.45) is -0.448. The van der Waals surface area contributed by atoms with Crippen LogP contribution in [-0.2, 0) is 16.1 Å². The van der Waals surface area contributed by atoms with Gasteiger partial charge >= 0.3 is 0 Å². The smallest absolute Gasteiger partial charge is 0.249 e. The Morgan fingerprint density at radius 2 is 2.16 bits per heavy atom. The van der Waals surface area contributed by atoms with Crippen LogP contribution < -0.4 is 5.32 Å². The Balaban J connectivity index is 1.25. The van der Waals surface area contributed by atoms with Crippen molar-refractivity contribution in [1.82, 2.24) is 10.2 Å². The third-order valence-corrected chi connectivity index (χ3v) is 5.69. The van der Waals surface area contributed by atoms with Crippen molar-refractivity contribution in [3.8, 4) is 0 Å². The molecule has 1 amide bonds. The number of amides is 1. The van der Waals surface area contributed by atoms with Crippen LogP contribution in [0.3, 0.4) is 0 Å². The molecule has 7 heteroatoms.